The van der Waals surface area contributed by atoms with Crippen molar-refractivity contribution < 1.29 is 9.53 Å². The number of hydrogen-bond donors (Lipinski definition) is 4. The van der Waals surface area contributed by atoms with Crippen LogP contribution < -0.4 is 27.3 Å². The minimum absolute atomic E-state index is 0.0148. The molecule has 2 aromatic rings. The number of nitrogens with zero attached hydrogens (tertiary/aromatic N) is 1. The summed E-state index contributed by atoms with van der Waals surface area (Å²) in [6.45, 7) is 0.803. The van der Waals surface area contributed by atoms with Crippen LogP contribution in [0.5, 0.6) is 11.5 Å². The minimum Gasteiger partial charge on any atom is -0.457 e. The van der Waals surface area contributed by atoms with Gasteiger partial charge in [-0.3, -0.25) is 4.79 Å². The Balaban J connectivity index is 1.61. The molecule has 7 nitrogen and oxygen atoms in total. The van der Waals surface area contributed by atoms with Crippen molar-refractivity contribution in [3.05, 3.63) is 48.5 Å². The molecule has 0 spiro atoms. The van der Waals surface area contributed by atoms with Gasteiger partial charge in [-0.1, -0.05) is 44.9 Å². The van der Waals surface area contributed by atoms with Crippen molar-refractivity contribution in [2.75, 3.05) is 11.9 Å². The molecule has 0 aliphatic rings. The third-order valence-corrected chi connectivity index (χ3v) is 5.08. The van der Waals surface area contributed by atoms with E-state index in [9.17, 15) is 4.79 Å². The number of rotatable bonds is 15. The lowest BCUT2D eigenvalue weighted by atomic mass is 10.1. The van der Waals surface area contributed by atoms with Crippen LogP contribution in [0.15, 0.2) is 53.5 Å². The van der Waals surface area contributed by atoms with Gasteiger partial charge in [-0.25, -0.2) is 4.99 Å². The Morgan fingerprint density at radius 1 is 0.750 bits per heavy atom. The van der Waals surface area contributed by atoms with Crippen LogP contribution in [-0.4, -0.2) is 18.4 Å². The lowest BCUT2D eigenvalue weighted by Crippen LogP contribution is -2.21. The quantitative estimate of drug-likeness (QED) is 0.173. The lowest BCUT2D eigenvalue weighted by Gasteiger charge is -2.08. The van der Waals surface area contributed by atoms with Gasteiger partial charge in [0.1, 0.15) is 11.5 Å². The molecule has 174 valence electrons. The fraction of sp³-hybridized carbons (Fsp3) is 0.440. The molecule has 2 rings (SSSR count). The number of ether oxygens (including phenoxy) is 1. The van der Waals surface area contributed by atoms with Crippen molar-refractivity contribution in [2.24, 2.45) is 22.2 Å². The van der Waals surface area contributed by atoms with Gasteiger partial charge in [0.05, 0.1) is 5.69 Å². The smallest absolute Gasteiger partial charge is 0.224 e. The fourth-order valence-electron chi connectivity index (χ4n) is 3.37. The number of nitrogens with one attached hydrogen (secondary N) is 1. The molecule has 2 aromatic carbocycles. The largest absolute Gasteiger partial charge is 0.457 e. The first-order valence-electron chi connectivity index (χ1n) is 11.5. The maximum Gasteiger partial charge on any atom is 0.224 e. The molecule has 0 saturated heterocycles. The summed E-state index contributed by atoms with van der Waals surface area (Å²) in [6.07, 6.45) is 11.3. The van der Waals surface area contributed by atoms with Crippen LogP contribution in [0.2, 0.25) is 0 Å². The summed E-state index contributed by atoms with van der Waals surface area (Å²) < 4.78 is 5.81. The number of guanidine groups is 1. The average molecular weight is 440 g/mol. The zero-order chi connectivity index (χ0) is 23.0. The van der Waals surface area contributed by atoms with Crippen LogP contribution in [0.25, 0.3) is 0 Å². The molecule has 32 heavy (non-hydrogen) atoms. The Morgan fingerprint density at radius 3 is 1.78 bits per heavy atom. The zero-order valence-electron chi connectivity index (χ0n) is 18.9. The van der Waals surface area contributed by atoms with Crippen molar-refractivity contribution in [2.45, 2.75) is 64.2 Å². The number of hydrogen-bond acceptors (Lipinski definition) is 4. The summed E-state index contributed by atoms with van der Waals surface area (Å²) in [4.78, 5) is 16.1. The predicted molar refractivity (Wildman–Crippen MR) is 132 cm³/mol. The SMILES string of the molecule is NCCCCCCCCCCCC(=O)Nc1ccc(Oc2ccc(N=C(N)N)cc2)cc1. The Bertz CT molecular complexity index is 815. The molecular weight excluding hydrogens is 402 g/mol. The highest BCUT2D eigenvalue weighted by Crippen LogP contribution is 2.25. The van der Waals surface area contributed by atoms with Crippen LogP contribution in [0.1, 0.15) is 64.2 Å². The molecule has 0 bridgehead atoms. The van der Waals surface area contributed by atoms with E-state index >= 15 is 0 Å². The summed E-state index contributed by atoms with van der Waals surface area (Å²) in [7, 11) is 0. The van der Waals surface area contributed by atoms with Crippen LogP contribution in [0, 0.1) is 0 Å². The number of anilines is 1. The zero-order valence-corrected chi connectivity index (χ0v) is 18.9. The van der Waals surface area contributed by atoms with E-state index in [0.717, 1.165) is 31.5 Å². The van der Waals surface area contributed by atoms with Gasteiger partial charge >= 0.3 is 0 Å². The molecule has 0 aliphatic heterocycles. The number of carbonyl (C=O) groups is 1. The maximum atomic E-state index is 12.2. The highest BCUT2D eigenvalue weighted by Gasteiger charge is 2.04. The second-order valence-electron chi connectivity index (χ2n) is 7.93. The van der Waals surface area contributed by atoms with Crippen molar-refractivity contribution in [3.63, 3.8) is 0 Å². The van der Waals surface area contributed by atoms with E-state index in [0.29, 0.717) is 23.6 Å². The number of carbonyl (C=O) groups excluding carboxylic acids is 1. The number of amides is 1. The van der Waals surface area contributed by atoms with E-state index < -0.39 is 0 Å². The highest BCUT2D eigenvalue weighted by molar-refractivity contribution is 5.90. The Labute approximate surface area is 191 Å². The molecule has 0 aliphatic carbocycles. The van der Waals surface area contributed by atoms with Gasteiger partial charge in [0, 0.05) is 12.1 Å². The van der Waals surface area contributed by atoms with Gasteiger partial charge in [-0.15, -0.1) is 0 Å². The predicted octanol–water partition coefficient (Wildman–Crippen LogP) is 5.18. The molecular formula is C25H37N5O2. The summed E-state index contributed by atoms with van der Waals surface area (Å²) in [6, 6.07) is 14.5. The Kier molecular flexibility index (Phi) is 11.7. The topological polar surface area (TPSA) is 129 Å². The maximum absolute atomic E-state index is 12.2. The van der Waals surface area contributed by atoms with E-state index in [2.05, 4.69) is 10.3 Å². The molecule has 0 heterocycles. The van der Waals surface area contributed by atoms with Gasteiger partial charge < -0.3 is 27.3 Å². The lowest BCUT2D eigenvalue weighted by molar-refractivity contribution is -0.116. The summed E-state index contributed by atoms with van der Waals surface area (Å²) in [5, 5.41) is 2.95. The second kappa shape index (κ2) is 14.9. The molecule has 7 N–H and O–H groups in total. The first-order valence-corrected chi connectivity index (χ1v) is 11.5. The van der Waals surface area contributed by atoms with E-state index in [-0.39, 0.29) is 11.9 Å². The standard InChI is InChI=1S/C25H37N5O2/c26-19-9-7-5-3-1-2-4-6-8-10-24(31)29-20-11-15-22(16-12-20)32-23-17-13-21(14-18-23)30-25(27)28/h11-18H,1-10,19,26H2,(H,29,31)(H4,27,28,30). The van der Waals surface area contributed by atoms with E-state index in [1.54, 1.807) is 24.3 Å². The Morgan fingerprint density at radius 2 is 1.25 bits per heavy atom. The van der Waals surface area contributed by atoms with E-state index in [1.165, 1.54) is 38.5 Å². The Hall–Kier alpha value is -3.06. The van der Waals surface area contributed by atoms with Crippen LogP contribution in [0.4, 0.5) is 11.4 Å². The van der Waals surface area contributed by atoms with Crippen molar-refractivity contribution in [3.8, 4) is 11.5 Å². The average Bonchev–Trinajstić information content (AvgIpc) is 2.77. The number of unbranched alkanes of at least 4 members (excludes halogenated alkanes) is 8. The van der Waals surface area contributed by atoms with Crippen molar-refractivity contribution in [1.29, 1.82) is 0 Å². The molecule has 0 aromatic heterocycles. The first kappa shape index (κ1) is 25.2. The van der Waals surface area contributed by atoms with Crippen molar-refractivity contribution in [1.82, 2.24) is 0 Å². The third-order valence-electron chi connectivity index (χ3n) is 5.08. The van der Waals surface area contributed by atoms with Crippen molar-refractivity contribution >= 4 is 23.2 Å². The van der Waals surface area contributed by atoms with Crippen LogP contribution in [0.3, 0.4) is 0 Å². The summed E-state index contributed by atoms with van der Waals surface area (Å²) >= 11 is 0. The van der Waals surface area contributed by atoms with Crippen LogP contribution in [-0.2, 0) is 4.79 Å². The van der Waals surface area contributed by atoms with Gasteiger partial charge in [0.15, 0.2) is 5.96 Å². The molecule has 1 amide bonds. The normalized spacial score (nSPS) is 10.5. The molecule has 0 fully saturated rings. The van der Waals surface area contributed by atoms with E-state index in [1.807, 2.05) is 24.3 Å². The van der Waals surface area contributed by atoms with Gasteiger partial charge in [0.25, 0.3) is 0 Å². The summed E-state index contributed by atoms with van der Waals surface area (Å²) in [5.74, 6) is 1.42. The van der Waals surface area contributed by atoms with Gasteiger partial charge in [0.2, 0.25) is 5.91 Å². The molecule has 0 radical (unpaired) electrons. The van der Waals surface area contributed by atoms with E-state index in [4.69, 9.17) is 21.9 Å². The third kappa shape index (κ3) is 10.8. The molecule has 0 atom stereocenters. The molecule has 7 heteroatoms. The minimum atomic E-state index is 0.0148. The second-order valence-corrected chi connectivity index (χ2v) is 7.93. The fourth-order valence-corrected chi connectivity index (χ4v) is 3.37. The molecule has 0 saturated carbocycles. The van der Waals surface area contributed by atoms with Gasteiger partial charge in [-0.05, 0) is 67.9 Å². The number of aliphatic imine (C=N–C) groups is 1. The molecule has 0 unspecified atom stereocenters. The highest BCUT2D eigenvalue weighted by atomic mass is 16.5. The first-order chi connectivity index (χ1) is 15.6. The summed E-state index contributed by atoms with van der Waals surface area (Å²) in [5.41, 5.74) is 17.7. The van der Waals surface area contributed by atoms with Gasteiger partial charge in [-0.2, -0.15) is 0 Å². The van der Waals surface area contributed by atoms with Crippen LogP contribution >= 0.6 is 0 Å². The number of nitrogens with two attached hydrogens (primary N) is 3. The number of benzene rings is 2. The monoisotopic (exact) mass is 439 g/mol.